The lowest BCUT2D eigenvalue weighted by Gasteiger charge is -2.17. The molecule has 2 aromatic carbocycles. The number of anilines is 2. The quantitative estimate of drug-likeness (QED) is 0.846. The lowest BCUT2D eigenvalue weighted by Crippen LogP contribution is -2.18. The number of nitrogens with one attached hydrogen (secondary N) is 1. The molecule has 4 heteroatoms. The Labute approximate surface area is 135 Å². The number of carbonyl (C=O) groups is 1. The summed E-state index contributed by atoms with van der Waals surface area (Å²) < 4.78 is 0. The van der Waals surface area contributed by atoms with Gasteiger partial charge in [-0.05, 0) is 49.2 Å². The van der Waals surface area contributed by atoms with Gasteiger partial charge in [0.2, 0.25) is 5.91 Å². The van der Waals surface area contributed by atoms with E-state index in [-0.39, 0.29) is 5.91 Å². The number of benzene rings is 2. The summed E-state index contributed by atoms with van der Waals surface area (Å²) in [7, 11) is 0. The van der Waals surface area contributed by atoms with Gasteiger partial charge in [-0.1, -0.05) is 18.2 Å². The molecule has 0 radical (unpaired) electrons. The average molecular weight is 312 g/mol. The maximum atomic E-state index is 12.0. The van der Waals surface area contributed by atoms with Crippen LogP contribution in [0.25, 0.3) is 0 Å². The van der Waals surface area contributed by atoms with Crippen molar-refractivity contribution < 1.29 is 4.79 Å². The van der Waals surface area contributed by atoms with E-state index in [0.29, 0.717) is 5.75 Å². The molecule has 1 amide bonds. The third kappa shape index (κ3) is 4.04. The summed E-state index contributed by atoms with van der Waals surface area (Å²) in [5, 5.41) is 2.95. The van der Waals surface area contributed by atoms with Gasteiger partial charge in [0.1, 0.15) is 0 Å². The van der Waals surface area contributed by atoms with Crippen LogP contribution in [0.15, 0.2) is 59.5 Å². The molecule has 3 rings (SSSR count). The van der Waals surface area contributed by atoms with Crippen LogP contribution in [0.5, 0.6) is 0 Å². The molecule has 0 aromatic heterocycles. The summed E-state index contributed by atoms with van der Waals surface area (Å²) >= 11 is 1.55. The zero-order valence-electron chi connectivity index (χ0n) is 12.5. The molecule has 0 spiro atoms. The first-order valence-corrected chi connectivity index (χ1v) is 8.62. The standard InChI is InChI=1S/C18H20N2OS/c21-18(14-22-17-6-2-1-3-7-17)19-15-8-10-16(11-9-15)20-12-4-5-13-20/h1-3,6-11H,4-5,12-14H2,(H,19,21). The number of carbonyl (C=O) groups excluding carboxylic acids is 1. The summed E-state index contributed by atoms with van der Waals surface area (Å²) in [6, 6.07) is 18.1. The lowest BCUT2D eigenvalue weighted by molar-refractivity contribution is -0.113. The van der Waals surface area contributed by atoms with Gasteiger partial charge < -0.3 is 10.2 Å². The van der Waals surface area contributed by atoms with Crippen LogP contribution in [-0.2, 0) is 4.79 Å². The Bertz CT molecular complexity index is 607. The highest BCUT2D eigenvalue weighted by Crippen LogP contribution is 2.22. The number of nitrogens with zero attached hydrogens (tertiary/aromatic N) is 1. The van der Waals surface area contributed by atoms with Gasteiger partial charge in [0.05, 0.1) is 5.75 Å². The summed E-state index contributed by atoms with van der Waals surface area (Å²) in [6.07, 6.45) is 2.55. The zero-order valence-corrected chi connectivity index (χ0v) is 13.3. The fraction of sp³-hybridized carbons (Fsp3) is 0.278. The summed E-state index contributed by atoms with van der Waals surface area (Å²) in [4.78, 5) is 15.5. The Morgan fingerprint density at radius 1 is 1.00 bits per heavy atom. The van der Waals surface area contributed by atoms with E-state index in [1.807, 2.05) is 42.5 Å². The van der Waals surface area contributed by atoms with Gasteiger partial charge in [-0.2, -0.15) is 0 Å². The van der Waals surface area contributed by atoms with E-state index in [1.54, 1.807) is 11.8 Å². The van der Waals surface area contributed by atoms with Crippen molar-refractivity contribution in [3.8, 4) is 0 Å². The smallest absolute Gasteiger partial charge is 0.234 e. The fourth-order valence-electron chi connectivity index (χ4n) is 2.59. The van der Waals surface area contributed by atoms with Crippen LogP contribution in [0, 0.1) is 0 Å². The van der Waals surface area contributed by atoms with Gasteiger partial charge in [-0.15, -0.1) is 11.8 Å². The van der Waals surface area contributed by atoms with Gasteiger partial charge in [0, 0.05) is 29.4 Å². The van der Waals surface area contributed by atoms with E-state index in [4.69, 9.17) is 0 Å². The van der Waals surface area contributed by atoms with Crippen LogP contribution in [-0.4, -0.2) is 24.7 Å². The number of thioether (sulfide) groups is 1. The molecule has 0 saturated carbocycles. The van der Waals surface area contributed by atoms with E-state index in [9.17, 15) is 4.79 Å². The zero-order chi connectivity index (χ0) is 15.2. The van der Waals surface area contributed by atoms with Gasteiger partial charge in [0.15, 0.2) is 0 Å². The molecule has 3 nitrogen and oxygen atoms in total. The number of hydrogen-bond donors (Lipinski definition) is 1. The summed E-state index contributed by atoms with van der Waals surface area (Å²) in [6.45, 7) is 2.28. The van der Waals surface area contributed by atoms with Gasteiger partial charge in [-0.25, -0.2) is 0 Å². The van der Waals surface area contributed by atoms with Crippen molar-refractivity contribution in [3.05, 3.63) is 54.6 Å². The molecule has 0 unspecified atom stereocenters. The Kier molecular flexibility index (Phi) is 5.01. The lowest BCUT2D eigenvalue weighted by atomic mass is 10.2. The SMILES string of the molecule is O=C(CSc1ccccc1)Nc1ccc(N2CCCC2)cc1. The van der Waals surface area contributed by atoms with Crippen LogP contribution < -0.4 is 10.2 Å². The highest BCUT2D eigenvalue weighted by atomic mass is 32.2. The Morgan fingerprint density at radius 3 is 2.36 bits per heavy atom. The first-order chi connectivity index (χ1) is 10.8. The molecule has 0 atom stereocenters. The Balaban J connectivity index is 1.50. The van der Waals surface area contributed by atoms with Gasteiger partial charge in [-0.3, -0.25) is 4.79 Å². The second-order valence-electron chi connectivity index (χ2n) is 5.39. The number of amides is 1. The summed E-state index contributed by atoms with van der Waals surface area (Å²) in [5.41, 5.74) is 2.11. The van der Waals surface area contributed by atoms with E-state index in [0.717, 1.165) is 23.7 Å². The van der Waals surface area contributed by atoms with Crippen molar-refractivity contribution in [3.63, 3.8) is 0 Å². The van der Waals surface area contributed by atoms with E-state index < -0.39 is 0 Å². The van der Waals surface area contributed by atoms with E-state index >= 15 is 0 Å². The molecule has 22 heavy (non-hydrogen) atoms. The predicted molar refractivity (Wildman–Crippen MR) is 93.7 cm³/mol. The molecular formula is C18H20N2OS. The highest BCUT2D eigenvalue weighted by molar-refractivity contribution is 8.00. The first-order valence-electron chi connectivity index (χ1n) is 7.64. The minimum absolute atomic E-state index is 0.0303. The Hall–Kier alpha value is -1.94. The predicted octanol–water partition coefficient (Wildman–Crippen LogP) is 4.02. The first kappa shape index (κ1) is 15.0. The van der Waals surface area contributed by atoms with Crippen molar-refractivity contribution in [1.82, 2.24) is 0 Å². The fourth-order valence-corrected chi connectivity index (χ4v) is 3.31. The molecule has 2 aromatic rings. The summed E-state index contributed by atoms with van der Waals surface area (Å²) in [5.74, 6) is 0.459. The molecule has 0 bridgehead atoms. The maximum absolute atomic E-state index is 12.0. The van der Waals surface area contributed by atoms with Crippen LogP contribution in [0.3, 0.4) is 0 Å². The number of hydrogen-bond acceptors (Lipinski definition) is 3. The van der Waals surface area contributed by atoms with Crippen molar-refractivity contribution in [2.45, 2.75) is 17.7 Å². The van der Waals surface area contributed by atoms with Crippen LogP contribution in [0.1, 0.15) is 12.8 Å². The molecule has 1 heterocycles. The minimum Gasteiger partial charge on any atom is -0.372 e. The molecule has 0 aliphatic carbocycles. The molecular weight excluding hydrogens is 292 g/mol. The molecule has 1 aliphatic rings. The highest BCUT2D eigenvalue weighted by Gasteiger charge is 2.12. The molecule has 1 fully saturated rings. The van der Waals surface area contributed by atoms with Crippen molar-refractivity contribution in [2.24, 2.45) is 0 Å². The Morgan fingerprint density at radius 2 is 1.68 bits per heavy atom. The second-order valence-corrected chi connectivity index (χ2v) is 6.44. The normalized spacial score (nSPS) is 14.1. The third-order valence-corrected chi connectivity index (χ3v) is 4.75. The topological polar surface area (TPSA) is 32.3 Å². The monoisotopic (exact) mass is 312 g/mol. The average Bonchev–Trinajstić information content (AvgIpc) is 3.09. The maximum Gasteiger partial charge on any atom is 0.234 e. The molecule has 114 valence electrons. The molecule has 1 aliphatic heterocycles. The van der Waals surface area contributed by atoms with Crippen LogP contribution in [0.4, 0.5) is 11.4 Å². The van der Waals surface area contributed by atoms with Crippen molar-refractivity contribution in [2.75, 3.05) is 29.1 Å². The van der Waals surface area contributed by atoms with Crippen molar-refractivity contribution >= 4 is 29.0 Å². The third-order valence-electron chi connectivity index (χ3n) is 3.74. The number of rotatable bonds is 5. The largest absolute Gasteiger partial charge is 0.372 e. The van der Waals surface area contributed by atoms with Crippen LogP contribution in [0.2, 0.25) is 0 Å². The molecule has 1 N–H and O–H groups in total. The van der Waals surface area contributed by atoms with E-state index in [1.165, 1.54) is 18.5 Å². The second kappa shape index (κ2) is 7.36. The van der Waals surface area contributed by atoms with Crippen LogP contribution >= 0.6 is 11.8 Å². The van der Waals surface area contributed by atoms with Gasteiger partial charge >= 0.3 is 0 Å². The van der Waals surface area contributed by atoms with Gasteiger partial charge in [0.25, 0.3) is 0 Å². The minimum atomic E-state index is 0.0303. The van der Waals surface area contributed by atoms with Crippen molar-refractivity contribution in [1.29, 1.82) is 0 Å². The van der Waals surface area contributed by atoms with E-state index in [2.05, 4.69) is 22.3 Å². The molecule has 1 saturated heterocycles.